The molecule has 0 aromatic carbocycles. The number of nitrogens with one attached hydrogen (secondary N) is 2. The van der Waals surface area contributed by atoms with Crippen LogP contribution in [0.2, 0.25) is 0 Å². The van der Waals surface area contributed by atoms with Gasteiger partial charge in [0.15, 0.2) is 0 Å². The highest BCUT2D eigenvalue weighted by Crippen LogP contribution is 1.75. The standard InChI is InChI=1S/C7H14N2O3/c1-12-5-4-9-7(11)2-3-8-6-10/h6H,2-5H2,1H3,(H,8,10)(H,9,11). The minimum atomic E-state index is -0.0820. The number of carbonyl (C=O) groups is 2. The molecule has 0 spiro atoms. The molecule has 5 nitrogen and oxygen atoms in total. The quantitative estimate of drug-likeness (QED) is 0.379. The SMILES string of the molecule is COCCNC(=O)CCNC=O. The van der Waals surface area contributed by atoms with Crippen LogP contribution in [-0.2, 0) is 14.3 Å². The van der Waals surface area contributed by atoms with Gasteiger partial charge in [-0.25, -0.2) is 0 Å². The van der Waals surface area contributed by atoms with Crippen LogP contribution in [0.3, 0.4) is 0 Å². The van der Waals surface area contributed by atoms with Crippen LogP contribution in [0, 0.1) is 0 Å². The van der Waals surface area contributed by atoms with Crippen LogP contribution in [-0.4, -0.2) is 39.1 Å². The number of amides is 2. The van der Waals surface area contributed by atoms with Crippen LogP contribution < -0.4 is 10.6 Å². The molecule has 0 bridgehead atoms. The zero-order valence-electron chi connectivity index (χ0n) is 7.13. The average Bonchev–Trinajstić information content (AvgIpc) is 2.06. The first-order valence-corrected chi connectivity index (χ1v) is 3.74. The Morgan fingerprint density at radius 3 is 2.83 bits per heavy atom. The zero-order chi connectivity index (χ0) is 9.23. The first-order chi connectivity index (χ1) is 5.81. The third-order valence-electron chi connectivity index (χ3n) is 1.21. The Kier molecular flexibility index (Phi) is 7.27. The summed E-state index contributed by atoms with van der Waals surface area (Å²) in [6.07, 6.45) is 0.880. The van der Waals surface area contributed by atoms with Crippen molar-refractivity contribution in [3.8, 4) is 0 Å². The molecule has 0 aliphatic rings. The van der Waals surface area contributed by atoms with Crippen molar-refractivity contribution in [1.82, 2.24) is 10.6 Å². The van der Waals surface area contributed by atoms with E-state index >= 15 is 0 Å². The number of ether oxygens (including phenoxy) is 1. The van der Waals surface area contributed by atoms with Gasteiger partial charge in [0.2, 0.25) is 12.3 Å². The van der Waals surface area contributed by atoms with Crippen molar-refractivity contribution >= 4 is 12.3 Å². The number of hydrogen-bond donors (Lipinski definition) is 2. The predicted molar refractivity (Wildman–Crippen MR) is 43.6 cm³/mol. The highest BCUT2D eigenvalue weighted by Gasteiger charge is 1.97. The molecule has 0 saturated carbocycles. The molecule has 5 heteroatoms. The molecule has 0 aliphatic heterocycles. The van der Waals surface area contributed by atoms with Crippen molar-refractivity contribution in [3.63, 3.8) is 0 Å². The van der Waals surface area contributed by atoms with Crippen LogP contribution in [0.1, 0.15) is 6.42 Å². The van der Waals surface area contributed by atoms with Crippen LogP contribution in [0.5, 0.6) is 0 Å². The van der Waals surface area contributed by atoms with E-state index in [2.05, 4.69) is 10.6 Å². The molecule has 0 aromatic heterocycles. The van der Waals surface area contributed by atoms with E-state index in [1.165, 1.54) is 0 Å². The summed E-state index contributed by atoms with van der Waals surface area (Å²) in [5.41, 5.74) is 0. The summed E-state index contributed by atoms with van der Waals surface area (Å²) in [5.74, 6) is -0.0820. The fourth-order valence-electron chi connectivity index (χ4n) is 0.626. The number of rotatable bonds is 7. The molecule has 0 radical (unpaired) electrons. The first kappa shape index (κ1) is 10.9. The summed E-state index contributed by atoms with van der Waals surface area (Å²) < 4.78 is 4.73. The van der Waals surface area contributed by atoms with Crippen molar-refractivity contribution < 1.29 is 14.3 Å². The van der Waals surface area contributed by atoms with Crippen LogP contribution >= 0.6 is 0 Å². The third-order valence-corrected chi connectivity index (χ3v) is 1.21. The Morgan fingerprint density at radius 2 is 2.25 bits per heavy atom. The number of carbonyl (C=O) groups excluding carboxylic acids is 2. The lowest BCUT2D eigenvalue weighted by Crippen LogP contribution is -2.29. The highest BCUT2D eigenvalue weighted by atomic mass is 16.5. The van der Waals surface area contributed by atoms with Gasteiger partial charge in [0.1, 0.15) is 0 Å². The van der Waals surface area contributed by atoms with E-state index in [1.807, 2.05) is 0 Å². The van der Waals surface area contributed by atoms with Gasteiger partial charge in [-0.15, -0.1) is 0 Å². The molecular formula is C7H14N2O3. The van der Waals surface area contributed by atoms with Gasteiger partial charge in [-0.3, -0.25) is 9.59 Å². The van der Waals surface area contributed by atoms with E-state index in [1.54, 1.807) is 7.11 Å². The maximum absolute atomic E-state index is 10.9. The Labute approximate surface area is 71.5 Å². The maximum Gasteiger partial charge on any atom is 0.221 e. The van der Waals surface area contributed by atoms with E-state index in [-0.39, 0.29) is 5.91 Å². The molecule has 0 unspecified atom stereocenters. The normalized spacial score (nSPS) is 9.08. The Balaban J connectivity index is 3.15. The highest BCUT2D eigenvalue weighted by molar-refractivity contribution is 5.76. The van der Waals surface area contributed by atoms with Crippen LogP contribution in [0.25, 0.3) is 0 Å². The van der Waals surface area contributed by atoms with Gasteiger partial charge < -0.3 is 15.4 Å². The molecule has 0 aliphatic carbocycles. The van der Waals surface area contributed by atoms with E-state index in [9.17, 15) is 9.59 Å². The van der Waals surface area contributed by atoms with Gasteiger partial charge >= 0.3 is 0 Å². The summed E-state index contributed by atoms with van der Waals surface area (Å²) in [6, 6.07) is 0. The minimum Gasteiger partial charge on any atom is -0.383 e. The summed E-state index contributed by atoms with van der Waals surface area (Å²) in [5, 5.41) is 5.02. The van der Waals surface area contributed by atoms with Gasteiger partial charge in [0.05, 0.1) is 6.61 Å². The Hall–Kier alpha value is -1.10. The van der Waals surface area contributed by atoms with Gasteiger partial charge in [0, 0.05) is 26.6 Å². The summed E-state index contributed by atoms with van der Waals surface area (Å²) >= 11 is 0. The van der Waals surface area contributed by atoms with Crippen molar-refractivity contribution in [2.75, 3.05) is 26.8 Å². The second kappa shape index (κ2) is 8.00. The largest absolute Gasteiger partial charge is 0.383 e. The molecule has 0 rings (SSSR count). The van der Waals surface area contributed by atoms with E-state index < -0.39 is 0 Å². The zero-order valence-corrected chi connectivity index (χ0v) is 7.13. The lowest BCUT2D eigenvalue weighted by molar-refractivity contribution is -0.121. The molecule has 0 heterocycles. The molecule has 70 valence electrons. The van der Waals surface area contributed by atoms with Gasteiger partial charge in [-0.1, -0.05) is 0 Å². The molecule has 2 N–H and O–H groups in total. The summed E-state index contributed by atoms with van der Waals surface area (Å²) in [6.45, 7) is 1.39. The fraction of sp³-hybridized carbons (Fsp3) is 0.714. The third kappa shape index (κ3) is 7.01. The molecular weight excluding hydrogens is 160 g/mol. The average molecular weight is 174 g/mol. The predicted octanol–water partition coefficient (Wildman–Crippen LogP) is -1.11. The minimum absolute atomic E-state index is 0.0820. The second-order valence-corrected chi connectivity index (χ2v) is 2.16. The van der Waals surface area contributed by atoms with E-state index in [0.717, 1.165) is 0 Å². The number of hydrogen-bond acceptors (Lipinski definition) is 3. The van der Waals surface area contributed by atoms with Crippen LogP contribution in [0.4, 0.5) is 0 Å². The molecule has 12 heavy (non-hydrogen) atoms. The van der Waals surface area contributed by atoms with Crippen molar-refractivity contribution in [1.29, 1.82) is 0 Å². The van der Waals surface area contributed by atoms with E-state index in [0.29, 0.717) is 32.5 Å². The Bertz CT molecular complexity index is 139. The summed E-state index contributed by atoms with van der Waals surface area (Å²) in [7, 11) is 1.57. The smallest absolute Gasteiger partial charge is 0.221 e. The lowest BCUT2D eigenvalue weighted by atomic mass is 10.4. The maximum atomic E-state index is 10.9. The van der Waals surface area contributed by atoms with Crippen molar-refractivity contribution in [2.45, 2.75) is 6.42 Å². The topological polar surface area (TPSA) is 67.4 Å². The first-order valence-electron chi connectivity index (χ1n) is 3.74. The van der Waals surface area contributed by atoms with Gasteiger partial charge in [-0.05, 0) is 0 Å². The van der Waals surface area contributed by atoms with Gasteiger partial charge in [-0.2, -0.15) is 0 Å². The van der Waals surface area contributed by atoms with Crippen molar-refractivity contribution in [3.05, 3.63) is 0 Å². The molecule has 0 saturated heterocycles. The van der Waals surface area contributed by atoms with Crippen LogP contribution in [0.15, 0.2) is 0 Å². The Morgan fingerprint density at radius 1 is 1.50 bits per heavy atom. The molecule has 0 atom stereocenters. The fourth-order valence-corrected chi connectivity index (χ4v) is 0.626. The monoisotopic (exact) mass is 174 g/mol. The van der Waals surface area contributed by atoms with Gasteiger partial charge in [0.25, 0.3) is 0 Å². The molecule has 2 amide bonds. The molecule has 0 fully saturated rings. The number of methoxy groups -OCH3 is 1. The second-order valence-electron chi connectivity index (χ2n) is 2.16. The molecule has 0 aromatic rings. The van der Waals surface area contributed by atoms with Crippen molar-refractivity contribution in [2.24, 2.45) is 0 Å². The lowest BCUT2D eigenvalue weighted by Gasteiger charge is -2.02. The van der Waals surface area contributed by atoms with E-state index in [4.69, 9.17) is 4.74 Å². The summed E-state index contributed by atoms with van der Waals surface area (Å²) in [4.78, 5) is 20.7.